The molecule has 6 nitrogen and oxygen atoms in total. The van der Waals surface area contributed by atoms with Crippen LogP contribution in [0.15, 0.2) is 46.2 Å². The number of ether oxygens (including phenoxy) is 1. The number of aromatic nitrogens is 3. The molecular formula is C23H21N3O3S. The SMILES string of the molecule is C[C@@H]1CCc2nc3ccccc3c(C(=O)O[C@@H](C)c3nnc(-c4cccs4)o3)c2C1. The van der Waals surface area contributed by atoms with Gasteiger partial charge in [0, 0.05) is 11.1 Å². The van der Waals surface area contributed by atoms with Gasteiger partial charge in [-0.1, -0.05) is 31.2 Å². The summed E-state index contributed by atoms with van der Waals surface area (Å²) in [6.07, 6.45) is 2.14. The van der Waals surface area contributed by atoms with Crippen LogP contribution in [0.3, 0.4) is 0 Å². The highest BCUT2D eigenvalue weighted by atomic mass is 32.1. The Balaban J connectivity index is 1.48. The number of rotatable bonds is 4. The Hall–Kier alpha value is -3.06. The number of carbonyl (C=O) groups excluding carboxylic acids is 1. The zero-order chi connectivity index (χ0) is 20.7. The van der Waals surface area contributed by atoms with Crippen LogP contribution in [0, 0.1) is 5.92 Å². The summed E-state index contributed by atoms with van der Waals surface area (Å²) in [5.74, 6) is 0.854. The van der Waals surface area contributed by atoms with E-state index in [1.54, 1.807) is 6.92 Å². The van der Waals surface area contributed by atoms with Gasteiger partial charge >= 0.3 is 5.97 Å². The highest BCUT2D eigenvalue weighted by molar-refractivity contribution is 7.13. The van der Waals surface area contributed by atoms with Gasteiger partial charge in [-0.2, -0.15) is 0 Å². The number of para-hydroxylation sites is 1. The van der Waals surface area contributed by atoms with Crippen molar-refractivity contribution in [2.45, 2.75) is 39.2 Å². The van der Waals surface area contributed by atoms with E-state index in [1.165, 1.54) is 11.3 Å². The van der Waals surface area contributed by atoms with Gasteiger partial charge in [-0.3, -0.25) is 4.98 Å². The Morgan fingerprint density at radius 2 is 2.10 bits per heavy atom. The molecule has 1 aromatic carbocycles. The molecule has 1 aliphatic rings. The Morgan fingerprint density at radius 3 is 2.93 bits per heavy atom. The van der Waals surface area contributed by atoms with Crippen molar-refractivity contribution in [1.82, 2.24) is 15.2 Å². The molecule has 0 saturated heterocycles. The third-order valence-corrected chi connectivity index (χ3v) is 6.37. The minimum atomic E-state index is -0.651. The van der Waals surface area contributed by atoms with Crippen molar-refractivity contribution in [1.29, 1.82) is 0 Å². The fraction of sp³-hybridized carbons (Fsp3) is 0.304. The predicted molar refractivity (Wildman–Crippen MR) is 114 cm³/mol. The fourth-order valence-corrected chi connectivity index (χ4v) is 4.61. The zero-order valence-electron chi connectivity index (χ0n) is 16.8. The number of carbonyl (C=O) groups is 1. The molecule has 0 fully saturated rings. The summed E-state index contributed by atoms with van der Waals surface area (Å²) in [5.41, 5.74) is 3.45. The van der Waals surface area contributed by atoms with Gasteiger partial charge in [-0.25, -0.2) is 4.79 Å². The summed E-state index contributed by atoms with van der Waals surface area (Å²) in [6, 6.07) is 11.6. The fourth-order valence-electron chi connectivity index (χ4n) is 3.96. The molecular weight excluding hydrogens is 398 g/mol. The molecule has 7 heteroatoms. The van der Waals surface area contributed by atoms with E-state index >= 15 is 0 Å². The second-order valence-electron chi connectivity index (χ2n) is 7.75. The number of thiophene rings is 1. The lowest BCUT2D eigenvalue weighted by atomic mass is 9.84. The summed E-state index contributed by atoms with van der Waals surface area (Å²) in [6.45, 7) is 3.96. The van der Waals surface area contributed by atoms with Gasteiger partial charge in [0.15, 0.2) is 6.10 Å². The summed E-state index contributed by atoms with van der Waals surface area (Å²) in [7, 11) is 0. The molecule has 3 aromatic heterocycles. The van der Waals surface area contributed by atoms with E-state index in [2.05, 4.69) is 17.1 Å². The Kier molecular flexibility index (Phi) is 4.83. The van der Waals surface area contributed by atoms with Crippen molar-refractivity contribution < 1.29 is 13.9 Å². The first kappa shape index (κ1) is 18.9. The van der Waals surface area contributed by atoms with E-state index in [1.807, 2.05) is 41.8 Å². The average Bonchev–Trinajstić information content (AvgIpc) is 3.43. The summed E-state index contributed by atoms with van der Waals surface area (Å²) < 4.78 is 11.5. The Labute approximate surface area is 177 Å². The number of hydrogen-bond acceptors (Lipinski definition) is 7. The quantitative estimate of drug-likeness (QED) is 0.413. The average molecular weight is 420 g/mol. The first-order valence-corrected chi connectivity index (χ1v) is 11.0. The maximum absolute atomic E-state index is 13.3. The molecule has 0 spiro atoms. The molecule has 152 valence electrons. The van der Waals surface area contributed by atoms with E-state index < -0.39 is 6.10 Å². The van der Waals surface area contributed by atoms with Gasteiger partial charge in [0.1, 0.15) is 0 Å². The minimum Gasteiger partial charge on any atom is -0.449 e. The topological polar surface area (TPSA) is 78.1 Å². The molecule has 0 N–H and O–H groups in total. The highest BCUT2D eigenvalue weighted by Crippen LogP contribution is 2.33. The number of esters is 1. The van der Waals surface area contributed by atoms with Gasteiger partial charge in [-0.05, 0) is 55.2 Å². The Bertz CT molecular complexity index is 1220. The van der Waals surface area contributed by atoms with E-state index in [0.29, 0.717) is 17.4 Å². The Morgan fingerprint density at radius 1 is 1.23 bits per heavy atom. The van der Waals surface area contributed by atoms with Crippen LogP contribution in [-0.2, 0) is 17.6 Å². The molecule has 0 radical (unpaired) electrons. The van der Waals surface area contributed by atoms with Crippen molar-refractivity contribution in [3.63, 3.8) is 0 Å². The van der Waals surface area contributed by atoms with Gasteiger partial charge < -0.3 is 9.15 Å². The summed E-state index contributed by atoms with van der Waals surface area (Å²) in [5, 5.41) is 10.9. The molecule has 0 aliphatic heterocycles. The number of aryl methyl sites for hydroxylation is 1. The van der Waals surface area contributed by atoms with Gasteiger partial charge in [0.25, 0.3) is 11.8 Å². The number of nitrogens with zero attached hydrogens (tertiary/aromatic N) is 3. The molecule has 30 heavy (non-hydrogen) atoms. The monoisotopic (exact) mass is 419 g/mol. The van der Waals surface area contributed by atoms with Crippen LogP contribution in [0.5, 0.6) is 0 Å². The summed E-state index contributed by atoms with van der Waals surface area (Å²) >= 11 is 1.52. The van der Waals surface area contributed by atoms with Crippen LogP contribution >= 0.6 is 11.3 Å². The normalized spacial score (nSPS) is 16.9. The van der Waals surface area contributed by atoms with Gasteiger partial charge in [0.2, 0.25) is 0 Å². The number of pyridine rings is 1. The summed E-state index contributed by atoms with van der Waals surface area (Å²) in [4.78, 5) is 19.0. The van der Waals surface area contributed by atoms with Crippen LogP contribution in [0.4, 0.5) is 0 Å². The number of fused-ring (bicyclic) bond motifs is 2. The van der Waals surface area contributed by atoms with E-state index in [-0.39, 0.29) is 11.9 Å². The van der Waals surface area contributed by atoms with Crippen molar-refractivity contribution in [2.24, 2.45) is 5.92 Å². The second-order valence-corrected chi connectivity index (χ2v) is 8.70. The maximum Gasteiger partial charge on any atom is 0.339 e. The predicted octanol–water partition coefficient (Wildman–Crippen LogP) is 5.39. The van der Waals surface area contributed by atoms with Crippen LogP contribution < -0.4 is 0 Å². The molecule has 3 heterocycles. The maximum atomic E-state index is 13.3. The van der Waals surface area contributed by atoms with E-state index in [0.717, 1.165) is 46.3 Å². The highest BCUT2D eigenvalue weighted by Gasteiger charge is 2.28. The second kappa shape index (κ2) is 7.65. The van der Waals surface area contributed by atoms with Gasteiger partial charge in [-0.15, -0.1) is 21.5 Å². The van der Waals surface area contributed by atoms with Crippen LogP contribution in [-0.4, -0.2) is 21.2 Å². The lowest BCUT2D eigenvalue weighted by Crippen LogP contribution is -2.20. The van der Waals surface area contributed by atoms with Gasteiger partial charge in [0.05, 0.1) is 16.0 Å². The van der Waals surface area contributed by atoms with E-state index in [9.17, 15) is 4.79 Å². The number of hydrogen-bond donors (Lipinski definition) is 0. The van der Waals surface area contributed by atoms with Crippen LogP contribution in [0.25, 0.3) is 21.7 Å². The van der Waals surface area contributed by atoms with Crippen LogP contribution in [0.1, 0.15) is 53.9 Å². The third-order valence-electron chi connectivity index (χ3n) is 5.51. The lowest BCUT2D eigenvalue weighted by Gasteiger charge is -2.24. The number of benzene rings is 1. The molecule has 1 aliphatic carbocycles. The smallest absolute Gasteiger partial charge is 0.339 e. The first-order chi connectivity index (χ1) is 14.6. The van der Waals surface area contributed by atoms with E-state index in [4.69, 9.17) is 14.1 Å². The van der Waals surface area contributed by atoms with Crippen molar-refractivity contribution in [3.05, 3.63) is 64.5 Å². The molecule has 2 atom stereocenters. The van der Waals surface area contributed by atoms with Crippen molar-refractivity contribution in [2.75, 3.05) is 0 Å². The first-order valence-electron chi connectivity index (χ1n) is 10.1. The van der Waals surface area contributed by atoms with Crippen molar-refractivity contribution >= 4 is 28.2 Å². The standard InChI is InChI=1S/C23H21N3O3S/c1-13-9-10-18-16(12-13)20(15-6-3-4-7-17(15)24-18)23(27)28-14(2)21-25-26-22(29-21)19-8-5-11-30-19/h3-8,11,13-14H,9-10,12H2,1-2H3/t13-,14+/m1/s1. The van der Waals surface area contributed by atoms with Crippen molar-refractivity contribution in [3.8, 4) is 10.8 Å². The molecule has 4 aromatic rings. The molecule has 0 saturated carbocycles. The molecule has 0 bridgehead atoms. The molecule has 0 unspecified atom stereocenters. The largest absolute Gasteiger partial charge is 0.449 e. The molecule has 0 amide bonds. The minimum absolute atomic E-state index is 0.285. The van der Waals surface area contributed by atoms with Crippen LogP contribution in [0.2, 0.25) is 0 Å². The zero-order valence-corrected chi connectivity index (χ0v) is 17.6. The molecule has 5 rings (SSSR count). The lowest BCUT2D eigenvalue weighted by molar-refractivity contribution is 0.0280. The third kappa shape index (κ3) is 3.39.